The van der Waals surface area contributed by atoms with Gasteiger partial charge in [0.2, 0.25) is 0 Å². The number of benzene rings is 7. The van der Waals surface area contributed by atoms with Crippen LogP contribution in [0.5, 0.6) is 0 Å². The van der Waals surface area contributed by atoms with Gasteiger partial charge in [0.15, 0.2) is 0 Å². The third-order valence-corrected chi connectivity index (χ3v) is 6.85. The van der Waals surface area contributed by atoms with Gasteiger partial charge in [-0.25, -0.2) is 0 Å². The van der Waals surface area contributed by atoms with Crippen molar-refractivity contribution in [1.29, 1.82) is 0 Å². The van der Waals surface area contributed by atoms with Crippen LogP contribution in [-0.2, 0) is 0 Å². The summed E-state index contributed by atoms with van der Waals surface area (Å²) in [6.07, 6.45) is 0. The maximum atomic E-state index is 9.12. The summed E-state index contributed by atoms with van der Waals surface area (Å²) in [5.41, 5.74) is 0.159. The molecule has 0 aliphatic heterocycles. The molecule has 0 radical (unpaired) electrons. The van der Waals surface area contributed by atoms with E-state index in [1.165, 1.54) is 0 Å². The average molecular weight is 577 g/mol. The third-order valence-electron chi connectivity index (χ3n) is 6.85. The molecule has 0 bridgehead atoms. The van der Waals surface area contributed by atoms with Crippen LogP contribution in [0, 0.1) is 0 Å². The summed E-state index contributed by atoms with van der Waals surface area (Å²) in [5.74, 6) is 0. The van der Waals surface area contributed by atoms with Crippen LogP contribution in [0.1, 0.15) is 16.4 Å². The van der Waals surface area contributed by atoms with Crippen LogP contribution in [0.15, 0.2) is 194 Å². The highest BCUT2D eigenvalue weighted by atomic mass is 15.1. The monoisotopic (exact) mass is 576 g/mol. The summed E-state index contributed by atoms with van der Waals surface area (Å²) in [6.45, 7) is 0. The Morgan fingerprint density at radius 3 is 0.682 bits per heavy atom. The van der Waals surface area contributed by atoms with E-state index in [4.69, 9.17) is 16.4 Å². The van der Waals surface area contributed by atoms with Crippen LogP contribution in [0.4, 0.5) is 34.1 Å². The zero-order chi connectivity index (χ0) is 40.0. The summed E-state index contributed by atoms with van der Waals surface area (Å²) in [5, 5.41) is 0. The summed E-state index contributed by atoms with van der Waals surface area (Å²) in [4.78, 5) is 3.15. The van der Waals surface area contributed by atoms with Crippen molar-refractivity contribution in [2.45, 2.75) is 0 Å². The Bertz CT molecular complexity index is 2260. The molecule has 2 nitrogen and oxygen atoms in total. The number of hydrogen-bond donors (Lipinski definition) is 0. The highest BCUT2D eigenvalue weighted by Crippen LogP contribution is 2.37. The van der Waals surface area contributed by atoms with Gasteiger partial charge in [0.1, 0.15) is 0 Å². The van der Waals surface area contributed by atoms with Gasteiger partial charge in [0.05, 0.1) is 16.4 Å². The van der Waals surface area contributed by atoms with E-state index in [1.807, 2.05) is 0 Å². The van der Waals surface area contributed by atoms with Gasteiger partial charge >= 0.3 is 0 Å². The number of anilines is 6. The van der Waals surface area contributed by atoms with E-state index in [0.29, 0.717) is 22.7 Å². The lowest BCUT2D eigenvalue weighted by molar-refractivity contribution is 1.28. The first kappa shape index (κ1) is 16.7. The van der Waals surface area contributed by atoms with Gasteiger partial charge in [-0.3, -0.25) is 0 Å². The summed E-state index contributed by atoms with van der Waals surface area (Å²) in [6, 6.07) is 28.2. The van der Waals surface area contributed by atoms with Gasteiger partial charge < -0.3 is 9.80 Å². The van der Waals surface area contributed by atoms with Crippen molar-refractivity contribution in [3.8, 4) is 22.3 Å². The fourth-order valence-electron chi connectivity index (χ4n) is 4.77. The molecule has 0 fully saturated rings. The molecule has 0 saturated heterocycles. The van der Waals surface area contributed by atoms with Crippen LogP contribution in [0.2, 0.25) is 0 Å². The Labute approximate surface area is 276 Å². The zero-order valence-electron chi connectivity index (χ0n) is 35.4. The smallest absolute Gasteiger partial charge is 0.0645 e. The van der Waals surface area contributed by atoms with Gasteiger partial charge in [0, 0.05) is 34.1 Å². The molecule has 210 valence electrons. The molecular weight excluding hydrogens is 532 g/mol. The van der Waals surface area contributed by atoms with Crippen molar-refractivity contribution < 1.29 is 16.4 Å². The minimum atomic E-state index is -0.728. The van der Waals surface area contributed by atoms with Crippen molar-refractivity contribution in [2.24, 2.45) is 0 Å². The molecule has 0 heterocycles. The maximum absolute atomic E-state index is 9.12. The molecule has 0 aliphatic carbocycles. The van der Waals surface area contributed by atoms with Crippen LogP contribution < -0.4 is 9.80 Å². The van der Waals surface area contributed by atoms with Gasteiger partial charge in [-0.15, -0.1) is 0 Å². The van der Waals surface area contributed by atoms with Crippen LogP contribution in [0.25, 0.3) is 22.3 Å². The lowest BCUT2D eigenvalue weighted by Crippen LogP contribution is -2.09. The van der Waals surface area contributed by atoms with Gasteiger partial charge in [-0.05, 0) is 95.0 Å². The molecule has 2 heteroatoms. The Hall–Kier alpha value is -5.86. The number of nitrogens with zero attached hydrogens (tertiary/aromatic N) is 2. The van der Waals surface area contributed by atoms with E-state index in [1.54, 1.807) is 131 Å². The van der Waals surface area contributed by atoms with Gasteiger partial charge in [-0.1, -0.05) is 121 Å². The molecule has 7 rings (SSSR count). The number of rotatable bonds is 8. The molecule has 0 atom stereocenters. The fourth-order valence-corrected chi connectivity index (χ4v) is 4.77. The first-order valence-electron chi connectivity index (χ1n) is 20.0. The predicted molar refractivity (Wildman–Crippen MR) is 187 cm³/mol. The van der Waals surface area contributed by atoms with Crippen LogP contribution in [0.3, 0.4) is 0 Å². The van der Waals surface area contributed by atoms with E-state index in [2.05, 4.69) is 0 Å². The van der Waals surface area contributed by atoms with Crippen molar-refractivity contribution in [2.75, 3.05) is 9.80 Å². The van der Waals surface area contributed by atoms with E-state index >= 15 is 0 Å². The summed E-state index contributed by atoms with van der Waals surface area (Å²) < 4.78 is 109. The lowest BCUT2D eigenvalue weighted by atomic mass is 9.99. The average Bonchev–Trinajstić information content (AvgIpc) is 3.22. The summed E-state index contributed by atoms with van der Waals surface area (Å²) in [7, 11) is 0. The second-order valence-electron chi connectivity index (χ2n) is 9.71. The SMILES string of the molecule is [2H]c1c([2H])c(-c2c([2H])c([2H])c(N(c3ccccc3)c3ccccc3)c([2H])c2[2H])c([2H])c([2H])c1-c1c([2H])c([2H])c(N(c2ccccc2)c2ccccc2)c([2H])c1[2H]. The summed E-state index contributed by atoms with van der Waals surface area (Å²) >= 11 is 0. The molecule has 7 aromatic rings. The topological polar surface area (TPSA) is 6.48 Å². The van der Waals surface area contributed by atoms with Crippen molar-refractivity contribution >= 4 is 34.1 Å². The van der Waals surface area contributed by atoms with Crippen molar-refractivity contribution in [3.63, 3.8) is 0 Å². The quantitative estimate of drug-likeness (QED) is 0.177. The fraction of sp³-hybridized carbons (Fsp3) is 0. The van der Waals surface area contributed by atoms with Crippen LogP contribution in [-0.4, -0.2) is 0 Å². The first-order valence-corrected chi connectivity index (χ1v) is 14.0. The Kier molecular flexibility index (Phi) is 4.77. The third kappa shape index (κ3) is 5.74. The maximum Gasteiger partial charge on any atom is 0.0645 e. The molecule has 0 aliphatic rings. The molecule has 0 aromatic heterocycles. The first-order chi connectivity index (χ1) is 26.9. The molecule has 44 heavy (non-hydrogen) atoms. The molecule has 0 spiro atoms. The van der Waals surface area contributed by atoms with E-state index in [0.717, 1.165) is 0 Å². The molecular formula is C42H32N2. The van der Waals surface area contributed by atoms with Gasteiger partial charge in [0.25, 0.3) is 0 Å². The van der Waals surface area contributed by atoms with Crippen molar-refractivity contribution in [3.05, 3.63) is 194 Å². The number of hydrogen-bond acceptors (Lipinski definition) is 2. The molecule has 0 amide bonds. The van der Waals surface area contributed by atoms with Crippen molar-refractivity contribution in [1.82, 2.24) is 0 Å². The van der Waals surface area contributed by atoms with E-state index < -0.39 is 94.8 Å². The Morgan fingerprint density at radius 2 is 0.455 bits per heavy atom. The lowest BCUT2D eigenvalue weighted by Gasteiger charge is -2.25. The highest BCUT2D eigenvalue weighted by Gasteiger charge is 2.13. The van der Waals surface area contributed by atoms with E-state index in [9.17, 15) is 0 Å². The molecule has 0 saturated carbocycles. The normalized spacial score (nSPS) is 14.5. The molecule has 0 N–H and O–H groups in total. The minimum Gasteiger partial charge on any atom is -0.311 e. The zero-order valence-corrected chi connectivity index (χ0v) is 23.4. The Balaban J connectivity index is 1.43. The number of para-hydroxylation sites is 4. The standard InChI is InChI=1S/C42H32N2/c1-5-13-37(14-6-1)43(38-15-7-2-8-16-38)41-29-25-35(26-30-41)33-21-23-34(24-22-33)36-27-31-42(32-28-36)44(39-17-9-3-10-18-39)40-19-11-4-12-20-40/h1-32H/i21D,22D,23D,24D,25D,26D,27D,28D,29D,30D,31D,32D. The Morgan fingerprint density at radius 1 is 0.250 bits per heavy atom. The van der Waals surface area contributed by atoms with Gasteiger partial charge in [-0.2, -0.15) is 0 Å². The molecule has 7 aromatic carbocycles. The van der Waals surface area contributed by atoms with Crippen LogP contribution >= 0.6 is 0 Å². The molecule has 0 unspecified atom stereocenters. The van der Waals surface area contributed by atoms with E-state index in [-0.39, 0.29) is 11.4 Å². The second-order valence-corrected chi connectivity index (χ2v) is 9.71. The highest BCUT2D eigenvalue weighted by molar-refractivity contribution is 5.80. The predicted octanol–water partition coefficient (Wildman–Crippen LogP) is 12.0. The minimum absolute atomic E-state index is 0.0863. The largest absolute Gasteiger partial charge is 0.311 e. The second kappa shape index (κ2) is 12.6.